The third-order valence-corrected chi connectivity index (χ3v) is 1.90. The van der Waals surface area contributed by atoms with Crippen LogP contribution in [0.5, 0.6) is 0 Å². The molecule has 0 aromatic carbocycles. The maximum absolute atomic E-state index is 10.9. The van der Waals surface area contributed by atoms with Crippen LogP contribution in [0.4, 0.5) is 0 Å². The van der Waals surface area contributed by atoms with E-state index in [9.17, 15) is 9.59 Å². The third kappa shape index (κ3) is 2.87. The van der Waals surface area contributed by atoms with Crippen LogP contribution >= 0.6 is 0 Å². The van der Waals surface area contributed by atoms with Crippen molar-refractivity contribution in [2.75, 3.05) is 0 Å². The quantitative estimate of drug-likeness (QED) is 0.384. The monoisotopic (exact) mass is 198 g/mol. The zero-order valence-corrected chi connectivity index (χ0v) is 8.41. The molecule has 0 aromatic rings. The summed E-state index contributed by atoms with van der Waals surface area (Å²) in [6, 6.07) is 0. The molecule has 0 atom stereocenters. The topological polar surface area (TPSA) is 52.6 Å². The van der Waals surface area contributed by atoms with E-state index in [-0.39, 0.29) is 0 Å². The van der Waals surface area contributed by atoms with Gasteiger partial charge in [0.1, 0.15) is 0 Å². The lowest BCUT2D eigenvalue weighted by Gasteiger charge is -2.31. The highest BCUT2D eigenvalue weighted by Gasteiger charge is 2.35. The highest BCUT2D eigenvalue weighted by Crippen LogP contribution is 2.27. The number of esters is 2. The molecule has 0 radical (unpaired) electrons. The second-order valence-electron chi connectivity index (χ2n) is 3.29. The summed E-state index contributed by atoms with van der Waals surface area (Å²) in [7, 11) is 0. The average molecular weight is 198 g/mol. The van der Waals surface area contributed by atoms with E-state index in [4.69, 9.17) is 9.47 Å². The summed E-state index contributed by atoms with van der Waals surface area (Å²) in [5.41, 5.74) is 0. The number of carbonyl (C=O) groups excluding carboxylic acids is 2. The third-order valence-electron chi connectivity index (χ3n) is 1.90. The fourth-order valence-electron chi connectivity index (χ4n) is 1.49. The van der Waals surface area contributed by atoms with E-state index in [0.29, 0.717) is 6.42 Å². The van der Waals surface area contributed by atoms with Gasteiger partial charge >= 0.3 is 11.9 Å². The van der Waals surface area contributed by atoms with Crippen LogP contribution in [-0.2, 0) is 19.1 Å². The first kappa shape index (κ1) is 10.8. The molecule has 0 saturated heterocycles. The molecule has 4 heteroatoms. The highest BCUT2D eigenvalue weighted by molar-refractivity contribution is 5.69. The summed E-state index contributed by atoms with van der Waals surface area (Å²) >= 11 is 0. The van der Waals surface area contributed by atoms with Gasteiger partial charge in [-0.1, -0.05) is 6.08 Å². The lowest BCUT2D eigenvalue weighted by atomic mass is 10.0. The number of carbonyl (C=O) groups is 2. The van der Waals surface area contributed by atoms with Gasteiger partial charge in [-0.05, 0) is 18.9 Å². The molecule has 0 spiro atoms. The van der Waals surface area contributed by atoms with Gasteiger partial charge in [-0.25, -0.2) is 0 Å². The van der Waals surface area contributed by atoms with Crippen LogP contribution in [0.3, 0.4) is 0 Å². The minimum Gasteiger partial charge on any atom is -0.419 e. The zero-order valence-electron chi connectivity index (χ0n) is 8.41. The molecular weight excluding hydrogens is 184 g/mol. The smallest absolute Gasteiger partial charge is 0.306 e. The lowest BCUT2D eigenvalue weighted by molar-refractivity contribution is -0.212. The SMILES string of the molecule is CC(=O)OC1(OC(C)=O)C=CCCC1. The van der Waals surface area contributed by atoms with Crippen LogP contribution < -0.4 is 0 Å². The number of rotatable bonds is 2. The van der Waals surface area contributed by atoms with E-state index in [1.54, 1.807) is 6.08 Å². The van der Waals surface area contributed by atoms with Crippen molar-refractivity contribution in [3.8, 4) is 0 Å². The molecule has 0 unspecified atom stereocenters. The van der Waals surface area contributed by atoms with Crippen LogP contribution in [0.25, 0.3) is 0 Å². The molecule has 0 bridgehead atoms. The van der Waals surface area contributed by atoms with Crippen LogP contribution in [0.1, 0.15) is 33.1 Å². The predicted molar refractivity (Wildman–Crippen MR) is 49.3 cm³/mol. The van der Waals surface area contributed by atoms with E-state index >= 15 is 0 Å². The lowest BCUT2D eigenvalue weighted by Crippen LogP contribution is -2.38. The summed E-state index contributed by atoms with van der Waals surface area (Å²) in [5, 5.41) is 0. The Bertz CT molecular complexity index is 251. The van der Waals surface area contributed by atoms with Crippen LogP contribution in [-0.4, -0.2) is 17.7 Å². The molecule has 14 heavy (non-hydrogen) atoms. The minimum absolute atomic E-state index is 0.446. The molecule has 0 fully saturated rings. The van der Waals surface area contributed by atoms with Crippen molar-refractivity contribution >= 4 is 11.9 Å². The first-order valence-electron chi connectivity index (χ1n) is 4.61. The van der Waals surface area contributed by atoms with Gasteiger partial charge < -0.3 is 9.47 Å². The Morgan fingerprint density at radius 3 is 2.14 bits per heavy atom. The Hall–Kier alpha value is -1.32. The van der Waals surface area contributed by atoms with Gasteiger partial charge in [0.2, 0.25) is 0 Å². The van der Waals surface area contributed by atoms with Gasteiger partial charge in [0.25, 0.3) is 5.79 Å². The van der Waals surface area contributed by atoms with E-state index < -0.39 is 17.7 Å². The fourth-order valence-corrected chi connectivity index (χ4v) is 1.49. The molecule has 0 N–H and O–H groups in total. The van der Waals surface area contributed by atoms with Crippen LogP contribution in [0, 0.1) is 0 Å². The van der Waals surface area contributed by atoms with Crippen molar-refractivity contribution in [3.63, 3.8) is 0 Å². The molecule has 0 saturated carbocycles. The van der Waals surface area contributed by atoms with E-state index in [1.807, 2.05) is 6.08 Å². The molecule has 0 amide bonds. The average Bonchev–Trinajstić information content (AvgIpc) is 2.01. The van der Waals surface area contributed by atoms with Crippen molar-refractivity contribution in [1.29, 1.82) is 0 Å². The summed E-state index contributed by atoms with van der Waals surface area (Å²) in [5.74, 6) is -2.05. The Labute approximate surface area is 82.9 Å². The molecule has 1 rings (SSSR count). The van der Waals surface area contributed by atoms with Crippen molar-refractivity contribution in [1.82, 2.24) is 0 Å². The molecule has 1 aliphatic rings. The Kier molecular flexibility index (Phi) is 3.28. The maximum Gasteiger partial charge on any atom is 0.306 e. The van der Waals surface area contributed by atoms with Gasteiger partial charge in [-0.15, -0.1) is 0 Å². The largest absolute Gasteiger partial charge is 0.419 e. The second-order valence-corrected chi connectivity index (χ2v) is 3.29. The van der Waals surface area contributed by atoms with E-state index in [0.717, 1.165) is 12.8 Å². The predicted octanol–water partition coefficient (Wildman–Crippen LogP) is 1.55. The van der Waals surface area contributed by atoms with E-state index in [1.165, 1.54) is 13.8 Å². The van der Waals surface area contributed by atoms with Gasteiger partial charge in [-0.3, -0.25) is 9.59 Å². The van der Waals surface area contributed by atoms with Gasteiger partial charge in [0.05, 0.1) is 0 Å². The Balaban J connectivity index is 2.77. The number of hydrogen-bond acceptors (Lipinski definition) is 4. The number of ether oxygens (including phenoxy) is 2. The van der Waals surface area contributed by atoms with Crippen molar-refractivity contribution in [2.45, 2.75) is 38.9 Å². The van der Waals surface area contributed by atoms with Gasteiger partial charge in [0.15, 0.2) is 0 Å². The second kappa shape index (κ2) is 4.26. The molecule has 0 aliphatic heterocycles. The first-order valence-corrected chi connectivity index (χ1v) is 4.61. The normalized spacial score (nSPS) is 18.7. The first-order chi connectivity index (χ1) is 6.54. The highest BCUT2D eigenvalue weighted by atomic mass is 16.7. The fraction of sp³-hybridized carbons (Fsp3) is 0.600. The molecule has 1 aliphatic carbocycles. The summed E-state index contributed by atoms with van der Waals surface area (Å²) in [6.07, 6.45) is 5.79. The van der Waals surface area contributed by atoms with Crippen LogP contribution in [0.15, 0.2) is 12.2 Å². The van der Waals surface area contributed by atoms with Crippen molar-refractivity contribution in [3.05, 3.63) is 12.2 Å². The molecule has 78 valence electrons. The maximum atomic E-state index is 10.9. The van der Waals surface area contributed by atoms with E-state index in [2.05, 4.69) is 0 Å². The zero-order chi connectivity index (χ0) is 10.6. The molecule has 0 aromatic heterocycles. The van der Waals surface area contributed by atoms with Crippen molar-refractivity contribution < 1.29 is 19.1 Å². The molecular formula is C10H14O4. The number of hydrogen-bond donors (Lipinski definition) is 0. The number of allylic oxidation sites excluding steroid dienone is 1. The standard InChI is InChI=1S/C10H14O4/c1-8(11)13-10(14-9(2)12)6-4-3-5-7-10/h4,6H,3,5,7H2,1-2H3. The van der Waals surface area contributed by atoms with Gasteiger partial charge in [-0.2, -0.15) is 0 Å². The molecule has 0 heterocycles. The summed E-state index contributed by atoms with van der Waals surface area (Å²) in [6.45, 7) is 2.60. The van der Waals surface area contributed by atoms with Crippen LogP contribution in [0.2, 0.25) is 0 Å². The molecule has 4 nitrogen and oxygen atoms in total. The summed E-state index contributed by atoms with van der Waals surface area (Å²) in [4.78, 5) is 21.7. The minimum atomic E-state index is -1.16. The Morgan fingerprint density at radius 2 is 1.79 bits per heavy atom. The van der Waals surface area contributed by atoms with Crippen molar-refractivity contribution in [2.24, 2.45) is 0 Å². The Morgan fingerprint density at radius 1 is 1.21 bits per heavy atom. The summed E-state index contributed by atoms with van der Waals surface area (Å²) < 4.78 is 10.0. The van der Waals surface area contributed by atoms with Gasteiger partial charge in [0, 0.05) is 20.3 Å².